The molecular formula is C13H16INO3. The number of carbonyl (C=O) groups is 1. The molecule has 18 heavy (non-hydrogen) atoms. The molecule has 1 aliphatic rings. The Morgan fingerprint density at radius 3 is 2.94 bits per heavy atom. The second kappa shape index (κ2) is 5.88. The van der Waals surface area contributed by atoms with Crippen molar-refractivity contribution in [2.75, 3.05) is 26.8 Å². The lowest BCUT2D eigenvalue weighted by Crippen LogP contribution is -2.44. The number of methoxy groups -OCH3 is 1. The molecule has 0 spiro atoms. The minimum Gasteiger partial charge on any atom is -0.497 e. The van der Waals surface area contributed by atoms with Crippen LogP contribution in [0.2, 0.25) is 0 Å². The summed E-state index contributed by atoms with van der Waals surface area (Å²) in [4.78, 5) is 14.2. The molecule has 0 radical (unpaired) electrons. The number of hydrogen-bond donors (Lipinski definition) is 0. The lowest BCUT2D eigenvalue weighted by atomic mass is 10.1. The average Bonchev–Trinajstić information content (AvgIpc) is 2.37. The van der Waals surface area contributed by atoms with Crippen molar-refractivity contribution >= 4 is 28.5 Å². The Morgan fingerprint density at radius 1 is 1.56 bits per heavy atom. The SMILES string of the molecule is COc1ccc(C(=O)N2CCO[C@H](C)C2)c(I)c1. The number of morpholine rings is 1. The highest BCUT2D eigenvalue weighted by atomic mass is 127. The average molecular weight is 361 g/mol. The van der Waals surface area contributed by atoms with Crippen LogP contribution in [-0.2, 0) is 4.74 Å². The highest BCUT2D eigenvalue weighted by Gasteiger charge is 2.23. The van der Waals surface area contributed by atoms with Crippen LogP contribution in [0.25, 0.3) is 0 Å². The van der Waals surface area contributed by atoms with E-state index in [1.165, 1.54) is 0 Å². The number of ether oxygens (including phenoxy) is 2. The van der Waals surface area contributed by atoms with E-state index in [0.29, 0.717) is 19.7 Å². The van der Waals surface area contributed by atoms with Crippen molar-refractivity contribution in [2.24, 2.45) is 0 Å². The third kappa shape index (κ3) is 2.95. The van der Waals surface area contributed by atoms with E-state index in [9.17, 15) is 4.79 Å². The first-order chi connectivity index (χ1) is 8.61. The van der Waals surface area contributed by atoms with E-state index < -0.39 is 0 Å². The quantitative estimate of drug-likeness (QED) is 0.758. The van der Waals surface area contributed by atoms with Crippen molar-refractivity contribution in [1.82, 2.24) is 4.90 Å². The molecule has 1 aromatic rings. The summed E-state index contributed by atoms with van der Waals surface area (Å²) >= 11 is 2.17. The predicted octanol–water partition coefficient (Wildman–Crippen LogP) is 2.16. The normalized spacial score (nSPS) is 19.7. The highest BCUT2D eigenvalue weighted by Crippen LogP contribution is 2.21. The number of amides is 1. The molecule has 0 bridgehead atoms. The zero-order valence-corrected chi connectivity index (χ0v) is 12.6. The van der Waals surface area contributed by atoms with Crippen LogP contribution >= 0.6 is 22.6 Å². The molecule has 0 saturated carbocycles. The Labute approximate surface area is 120 Å². The molecular weight excluding hydrogens is 345 g/mol. The molecule has 1 fully saturated rings. The monoisotopic (exact) mass is 361 g/mol. The van der Waals surface area contributed by atoms with Gasteiger partial charge in [-0.1, -0.05) is 0 Å². The Morgan fingerprint density at radius 2 is 2.33 bits per heavy atom. The van der Waals surface area contributed by atoms with Crippen molar-refractivity contribution in [3.8, 4) is 5.75 Å². The second-order valence-electron chi connectivity index (χ2n) is 4.28. The maximum Gasteiger partial charge on any atom is 0.255 e. The van der Waals surface area contributed by atoms with Gasteiger partial charge in [0.2, 0.25) is 0 Å². The summed E-state index contributed by atoms with van der Waals surface area (Å²) in [6.45, 7) is 3.91. The van der Waals surface area contributed by atoms with Gasteiger partial charge in [0, 0.05) is 16.7 Å². The number of hydrogen-bond acceptors (Lipinski definition) is 3. The minimum atomic E-state index is 0.0669. The number of nitrogens with zero attached hydrogens (tertiary/aromatic N) is 1. The first kappa shape index (κ1) is 13.6. The molecule has 1 amide bonds. The summed E-state index contributed by atoms with van der Waals surface area (Å²) in [6, 6.07) is 5.51. The van der Waals surface area contributed by atoms with Crippen molar-refractivity contribution in [3.05, 3.63) is 27.3 Å². The van der Waals surface area contributed by atoms with Gasteiger partial charge in [-0.2, -0.15) is 0 Å². The van der Waals surface area contributed by atoms with Gasteiger partial charge in [0.05, 0.1) is 25.4 Å². The zero-order chi connectivity index (χ0) is 13.1. The van der Waals surface area contributed by atoms with Gasteiger partial charge in [-0.25, -0.2) is 0 Å². The molecule has 1 saturated heterocycles. The van der Waals surface area contributed by atoms with Crippen LogP contribution < -0.4 is 4.74 Å². The molecule has 2 rings (SSSR count). The van der Waals surface area contributed by atoms with Gasteiger partial charge in [-0.15, -0.1) is 0 Å². The highest BCUT2D eigenvalue weighted by molar-refractivity contribution is 14.1. The van der Waals surface area contributed by atoms with Gasteiger partial charge >= 0.3 is 0 Å². The van der Waals surface area contributed by atoms with E-state index in [2.05, 4.69) is 22.6 Å². The van der Waals surface area contributed by atoms with Crippen molar-refractivity contribution in [1.29, 1.82) is 0 Å². The first-order valence-corrected chi connectivity index (χ1v) is 6.94. The molecule has 1 aromatic carbocycles. The largest absolute Gasteiger partial charge is 0.497 e. The molecule has 5 heteroatoms. The first-order valence-electron chi connectivity index (χ1n) is 5.86. The van der Waals surface area contributed by atoms with E-state index in [1.807, 2.05) is 30.0 Å². The standard InChI is InChI=1S/C13H16INO3/c1-9-8-15(5-6-18-9)13(16)11-4-3-10(17-2)7-12(11)14/h3-4,7,9H,5-6,8H2,1-2H3/t9-/m1/s1. The number of benzene rings is 1. The van der Waals surface area contributed by atoms with Gasteiger partial charge in [-0.3, -0.25) is 4.79 Å². The van der Waals surface area contributed by atoms with Crippen LogP contribution in [0.3, 0.4) is 0 Å². The summed E-state index contributed by atoms with van der Waals surface area (Å²) in [7, 11) is 1.62. The van der Waals surface area contributed by atoms with E-state index in [4.69, 9.17) is 9.47 Å². The number of halogens is 1. The number of carbonyl (C=O) groups excluding carboxylic acids is 1. The maximum atomic E-state index is 12.4. The van der Waals surface area contributed by atoms with Crippen molar-refractivity contribution in [3.63, 3.8) is 0 Å². The molecule has 0 unspecified atom stereocenters. The smallest absolute Gasteiger partial charge is 0.255 e. The third-order valence-electron chi connectivity index (χ3n) is 2.93. The topological polar surface area (TPSA) is 38.8 Å². The Balaban J connectivity index is 2.17. The summed E-state index contributed by atoms with van der Waals surface area (Å²) in [6.07, 6.45) is 0.110. The third-order valence-corrected chi connectivity index (χ3v) is 3.83. The van der Waals surface area contributed by atoms with Gasteiger partial charge in [-0.05, 0) is 47.7 Å². The molecule has 1 atom stereocenters. The summed E-state index contributed by atoms with van der Waals surface area (Å²) in [5, 5.41) is 0. The molecule has 0 aliphatic carbocycles. The maximum absolute atomic E-state index is 12.4. The number of rotatable bonds is 2. The van der Waals surface area contributed by atoms with Crippen molar-refractivity contribution in [2.45, 2.75) is 13.0 Å². The van der Waals surface area contributed by atoms with Crippen LogP contribution in [0.1, 0.15) is 17.3 Å². The van der Waals surface area contributed by atoms with Crippen LogP contribution in [0, 0.1) is 3.57 Å². The van der Waals surface area contributed by atoms with E-state index in [1.54, 1.807) is 7.11 Å². The van der Waals surface area contributed by atoms with Crippen LogP contribution in [0.4, 0.5) is 0 Å². The van der Waals surface area contributed by atoms with Gasteiger partial charge < -0.3 is 14.4 Å². The summed E-state index contributed by atoms with van der Waals surface area (Å²) in [5.74, 6) is 0.837. The summed E-state index contributed by atoms with van der Waals surface area (Å²) in [5.41, 5.74) is 0.727. The van der Waals surface area contributed by atoms with Gasteiger partial charge in [0.1, 0.15) is 5.75 Å². The van der Waals surface area contributed by atoms with Crippen molar-refractivity contribution < 1.29 is 14.3 Å². The van der Waals surface area contributed by atoms with Crippen LogP contribution in [0.15, 0.2) is 18.2 Å². The lowest BCUT2D eigenvalue weighted by molar-refractivity contribution is -0.0124. The van der Waals surface area contributed by atoms with Crippen LogP contribution in [0.5, 0.6) is 5.75 Å². The summed E-state index contributed by atoms with van der Waals surface area (Å²) < 4.78 is 11.5. The molecule has 4 nitrogen and oxygen atoms in total. The minimum absolute atomic E-state index is 0.0669. The Kier molecular flexibility index (Phi) is 4.45. The fraction of sp³-hybridized carbons (Fsp3) is 0.462. The van der Waals surface area contributed by atoms with Crippen LogP contribution in [-0.4, -0.2) is 43.7 Å². The molecule has 0 N–H and O–H groups in total. The second-order valence-corrected chi connectivity index (χ2v) is 5.44. The van der Waals surface area contributed by atoms with E-state index in [-0.39, 0.29) is 12.0 Å². The van der Waals surface area contributed by atoms with Gasteiger partial charge in [0.15, 0.2) is 0 Å². The fourth-order valence-electron chi connectivity index (χ4n) is 1.97. The Hall–Kier alpha value is -0.820. The molecule has 1 aliphatic heterocycles. The predicted molar refractivity (Wildman–Crippen MR) is 77.0 cm³/mol. The molecule has 98 valence electrons. The lowest BCUT2D eigenvalue weighted by Gasteiger charge is -2.31. The zero-order valence-electron chi connectivity index (χ0n) is 10.5. The van der Waals surface area contributed by atoms with Gasteiger partial charge in [0.25, 0.3) is 5.91 Å². The van der Waals surface area contributed by atoms with E-state index in [0.717, 1.165) is 14.9 Å². The fourth-order valence-corrected chi connectivity index (χ4v) is 2.69. The van der Waals surface area contributed by atoms with E-state index >= 15 is 0 Å². The Bertz CT molecular complexity index is 450. The molecule has 0 aromatic heterocycles. The molecule has 1 heterocycles.